The summed E-state index contributed by atoms with van der Waals surface area (Å²) in [5.74, 6) is -0.708. The lowest BCUT2D eigenvalue weighted by atomic mass is 10.0. The average Bonchev–Trinajstić information content (AvgIpc) is 3.27. The second kappa shape index (κ2) is 8.93. The van der Waals surface area contributed by atoms with Crippen LogP contribution in [0.5, 0.6) is 0 Å². The third-order valence-corrected chi connectivity index (χ3v) is 7.44. The summed E-state index contributed by atoms with van der Waals surface area (Å²) >= 11 is 7.64. The number of nitrogens with one attached hydrogen (secondary N) is 1. The fourth-order valence-electron chi connectivity index (χ4n) is 4.07. The largest absolute Gasteiger partial charge is 0.322 e. The Labute approximate surface area is 189 Å². The Morgan fingerprint density at radius 3 is 2.74 bits per heavy atom. The maximum Gasteiger partial charge on any atom is 0.256 e. The fraction of sp³-hybridized carbons (Fsp3) is 0.391. The Bertz CT molecular complexity index is 1080. The third kappa shape index (κ3) is 4.57. The number of imide groups is 1. The molecule has 4 rings (SSSR count). The summed E-state index contributed by atoms with van der Waals surface area (Å²) in [6.07, 6.45) is 2.70. The van der Waals surface area contributed by atoms with Crippen LogP contribution >= 0.6 is 22.9 Å². The SMILES string of the molecule is Cc1ccc(CCC(=O)CCc2scc3c2CN(C2CCC(=O)NC2=O)C3=O)cc1Cl. The predicted molar refractivity (Wildman–Crippen MR) is 118 cm³/mol. The van der Waals surface area contributed by atoms with E-state index in [1.807, 2.05) is 30.5 Å². The molecular formula is C23H23ClN2O4S. The van der Waals surface area contributed by atoms with E-state index < -0.39 is 11.9 Å². The first-order chi connectivity index (χ1) is 14.8. The van der Waals surface area contributed by atoms with Crippen LogP contribution in [-0.4, -0.2) is 34.4 Å². The van der Waals surface area contributed by atoms with E-state index in [2.05, 4.69) is 5.32 Å². The van der Waals surface area contributed by atoms with Gasteiger partial charge in [-0.25, -0.2) is 0 Å². The Kier molecular flexibility index (Phi) is 6.25. The first-order valence-electron chi connectivity index (χ1n) is 10.3. The number of carbonyl (C=O) groups is 4. The number of fused-ring (bicyclic) bond motifs is 1. The van der Waals surface area contributed by atoms with Crippen LogP contribution < -0.4 is 5.32 Å². The molecule has 0 spiro atoms. The molecule has 0 bridgehead atoms. The Morgan fingerprint density at radius 2 is 2.00 bits per heavy atom. The van der Waals surface area contributed by atoms with Crippen LogP contribution in [0.1, 0.15) is 57.6 Å². The molecule has 162 valence electrons. The third-order valence-electron chi connectivity index (χ3n) is 5.95. The minimum absolute atomic E-state index is 0.171. The maximum atomic E-state index is 12.8. The van der Waals surface area contributed by atoms with Gasteiger partial charge in [0.1, 0.15) is 11.8 Å². The second-order valence-corrected chi connectivity index (χ2v) is 9.44. The highest BCUT2D eigenvalue weighted by Crippen LogP contribution is 2.34. The minimum Gasteiger partial charge on any atom is -0.322 e. The van der Waals surface area contributed by atoms with Crippen molar-refractivity contribution in [1.29, 1.82) is 0 Å². The van der Waals surface area contributed by atoms with E-state index in [1.165, 1.54) is 11.3 Å². The summed E-state index contributed by atoms with van der Waals surface area (Å²) in [5.41, 5.74) is 3.60. The summed E-state index contributed by atoms with van der Waals surface area (Å²) in [7, 11) is 0. The zero-order valence-corrected chi connectivity index (χ0v) is 18.8. The molecule has 8 heteroatoms. The quantitative estimate of drug-likeness (QED) is 0.642. The number of halogens is 1. The van der Waals surface area contributed by atoms with E-state index >= 15 is 0 Å². The molecule has 2 aromatic rings. The van der Waals surface area contributed by atoms with Gasteiger partial charge in [-0.2, -0.15) is 0 Å². The van der Waals surface area contributed by atoms with Gasteiger partial charge in [0.15, 0.2) is 0 Å². The lowest BCUT2D eigenvalue weighted by molar-refractivity contribution is -0.137. The Hall–Kier alpha value is -2.51. The van der Waals surface area contributed by atoms with Crippen LogP contribution in [0.4, 0.5) is 0 Å². The lowest BCUT2D eigenvalue weighted by Crippen LogP contribution is -2.52. The highest BCUT2D eigenvalue weighted by Gasteiger charge is 2.40. The van der Waals surface area contributed by atoms with Gasteiger partial charge in [0.05, 0.1) is 5.56 Å². The molecule has 1 aromatic heterocycles. The number of rotatable bonds is 7. The normalized spacial score (nSPS) is 18.3. The van der Waals surface area contributed by atoms with E-state index in [9.17, 15) is 19.2 Å². The molecule has 0 aliphatic carbocycles. The van der Waals surface area contributed by atoms with Crippen LogP contribution in [-0.2, 0) is 33.8 Å². The fourth-order valence-corrected chi connectivity index (χ4v) is 5.31. The van der Waals surface area contributed by atoms with Crippen molar-refractivity contribution in [3.63, 3.8) is 0 Å². The number of carbonyl (C=O) groups excluding carboxylic acids is 4. The van der Waals surface area contributed by atoms with Gasteiger partial charge in [-0.05, 0) is 48.9 Å². The number of benzene rings is 1. The van der Waals surface area contributed by atoms with Gasteiger partial charge in [0.25, 0.3) is 5.91 Å². The van der Waals surface area contributed by atoms with E-state index in [1.54, 1.807) is 4.90 Å². The molecule has 2 aliphatic rings. The monoisotopic (exact) mass is 458 g/mol. The van der Waals surface area contributed by atoms with Crippen LogP contribution in [0.25, 0.3) is 0 Å². The molecule has 1 N–H and O–H groups in total. The molecule has 1 aromatic carbocycles. The van der Waals surface area contributed by atoms with Crippen LogP contribution in [0, 0.1) is 6.92 Å². The molecule has 6 nitrogen and oxygen atoms in total. The highest BCUT2D eigenvalue weighted by atomic mass is 35.5. The topological polar surface area (TPSA) is 83.6 Å². The minimum atomic E-state index is -0.613. The van der Waals surface area contributed by atoms with Crippen molar-refractivity contribution < 1.29 is 19.2 Å². The number of Topliss-reactive ketones (excluding diaryl/α,β-unsaturated/α-hetero) is 1. The van der Waals surface area contributed by atoms with Crippen molar-refractivity contribution in [3.05, 3.63) is 55.7 Å². The zero-order valence-electron chi connectivity index (χ0n) is 17.2. The summed E-state index contributed by atoms with van der Waals surface area (Å²) < 4.78 is 0. The number of piperidine rings is 1. The van der Waals surface area contributed by atoms with Gasteiger partial charge in [-0.3, -0.25) is 24.5 Å². The summed E-state index contributed by atoms with van der Waals surface area (Å²) in [6.45, 7) is 2.30. The van der Waals surface area contributed by atoms with E-state index in [4.69, 9.17) is 11.6 Å². The van der Waals surface area contributed by atoms with Crippen molar-refractivity contribution in [2.24, 2.45) is 0 Å². The van der Waals surface area contributed by atoms with E-state index in [-0.39, 0.29) is 24.0 Å². The second-order valence-electron chi connectivity index (χ2n) is 8.07. The molecule has 0 saturated carbocycles. The Morgan fingerprint density at radius 1 is 1.23 bits per heavy atom. The number of hydrogen-bond acceptors (Lipinski definition) is 5. The van der Waals surface area contributed by atoms with E-state index in [0.29, 0.717) is 49.2 Å². The number of amides is 3. The first-order valence-corrected chi connectivity index (χ1v) is 11.6. The smallest absolute Gasteiger partial charge is 0.256 e. The first kappa shape index (κ1) is 21.7. The summed E-state index contributed by atoms with van der Waals surface area (Å²) in [5, 5.41) is 4.84. The van der Waals surface area contributed by atoms with Crippen molar-refractivity contribution in [3.8, 4) is 0 Å². The van der Waals surface area contributed by atoms with Gasteiger partial charge in [-0.15, -0.1) is 11.3 Å². The van der Waals surface area contributed by atoms with Gasteiger partial charge in [0.2, 0.25) is 11.8 Å². The lowest BCUT2D eigenvalue weighted by Gasteiger charge is -2.29. The number of nitrogens with zero attached hydrogens (tertiary/aromatic N) is 1. The van der Waals surface area contributed by atoms with Crippen LogP contribution in [0.15, 0.2) is 23.6 Å². The van der Waals surface area contributed by atoms with Crippen molar-refractivity contribution in [2.75, 3.05) is 0 Å². The molecule has 1 atom stereocenters. The molecule has 3 amide bonds. The molecule has 0 radical (unpaired) electrons. The molecule has 3 heterocycles. The standard InChI is InChI=1S/C23H23ClN2O4S/c1-13-2-3-14(10-18(13)24)4-5-15(27)6-8-20-16-11-26(23(30)17(16)12-31-20)19-7-9-21(28)25-22(19)29/h2-3,10,12,19H,4-9,11H2,1H3,(H,25,28,29). The Balaban J connectivity index is 1.33. The number of aryl methyl sites for hydroxylation is 3. The summed E-state index contributed by atoms with van der Waals surface area (Å²) in [4.78, 5) is 51.3. The highest BCUT2D eigenvalue weighted by molar-refractivity contribution is 7.10. The van der Waals surface area contributed by atoms with Gasteiger partial charge >= 0.3 is 0 Å². The maximum absolute atomic E-state index is 12.8. The molecular weight excluding hydrogens is 436 g/mol. The molecule has 2 aliphatic heterocycles. The molecule has 1 saturated heterocycles. The van der Waals surface area contributed by atoms with Crippen LogP contribution in [0.2, 0.25) is 5.02 Å². The van der Waals surface area contributed by atoms with Crippen molar-refractivity contribution >= 4 is 46.4 Å². The number of thiophene rings is 1. The molecule has 1 fully saturated rings. The molecule has 1 unspecified atom stereocenters. The van der Waals surface area contributed by atoms with Gasteiger partial charge in [0, 0.05) is 41.1 Å². The number of hydrogen-bond donors (Lipinski definition) is 1. The van der Waals surface area contributed by atoms with Crippen LogP contribution in [0.3, 0.4) is 0 Å². The van der Waals surface area contributed by atoms with Crippen molar-refractivity contribution in [1.82, 2.24) is 10.2 Å². The van der Waals surface area contributed by atoms with Gasteiger partial charge < -0.3 is 4.90 Å². The predicted octanol–water partition coefficient (Wildman–Crippen LogP) is 3.61. The van der Waals surface area contributed by atoms with Crippen molar-refractivity contribution in [2.45, 2.75) is 58.0 Å². The average molecular weight is 459 g/mol. The van der Waals surface area contributed by atoms with Gasteiger partial charge in [-0.1, -0.05) is 23.7 Å². The number of ketones is 1. The van der Waals surface area contributed by atoms with E-state index in [0.717, 1.165) is 21.6 Å². The summed E-state index contributed by atoms with van der Waals surface area (Å²) in [6, 6.07) is 5.25. The zero-order chi connectivity index (χ0) is 22.1. The molecule has 31 heavy (non-hydrogen) atoms.